The fraction of sp³-hybridized carbons (Fsp3) is 0.375. The molecule has 0 atom stereocenters. The van der Waals surface area contributed by atoms with Gasteiger partial charge >= 0.3 is 0 Å². The molecule has 0 unspecified atom stereocenters. The van der Waals surface area contributed by atoms with Crippen LogP contribution in [0.2, 0.25) is 0 Å². The molecule has 1 aliphatic rings. The molecule has 6 heteroatoms. The quantitative estimate of drug-likeness (QED) is 0.916. The minimum Gasteiger partial charge on any atom is -0.497 e. The molecule has 1 aromatic heterocycles. The fourth-order valence-corrected chi connectivity index (χ4v) is 2.57. The Kier molecular flexibility index (Phi) is 4.27. The van der Waals surface area contributed by atoms with Crippen molar-refractivity contribution in [3.8, 4) is 11.5 Å². The van der Waals surface area contributed by atoms with Crippen LogP contribution in [0.3, 0.4) is 0 Å². The maximum Gasteiger partial charge on any atom is 0.146 e. The van der Waals surface area contributed by atoms with Crippen LogP contribution in [0.1, 0.15) is 12.8 Å². The Morgan fingerprint density at radius 2 is 1.86 bits per heavy atom. The van der Waals surface area contributed by atoms with E-state index in [-0.39, 0.29) is 0 Å². The molecule has 22 heavy (non-hydrogen) atoms. The molecule has 2 aromatic rings. The van der Waals surface area contributed by atoms with Gasteiger partial charge in [0.05, 0.1) is 19.9 Å². The van der Waals surface area contributed by atoms with Gasteiger partial charge in [0, 0.05) is 25.2 Å². The van der Waals surface area contributed by atoms with Crippen molar-refractivity contribution in [2.75, 3.05) is 37.5 Å². The Hall–Kier alpha value is -2.50. The molecule has 1 aliphatic heterocycles. The number of aromatic nitrogens is 2. The molecule has 0 spiro atoms. The molecule has 1 aromatic carbocycles. The summed E-state index contributed by atoms with van der Waals surface area (Å²) in [7, 11) is 3.27. The van der Waals surface area contributed by atoms with E-state index >= 15 is 0 Å². The molecular weight excluding hydrogens is 280 g/mol. The smallest absolute Gasteiger partial charge is 0.146 e. The van der Waals surface area contributed by atoms with E-state index in [1.165, 1.54) is 12.8 Å². The minimum atomic E-state index is 0.709. The molecule has 0 radical (unpaired) electrons. The molecule has 0 amide bonds. The fourth-order valence-electron chi connectivity index (χ4n) is 2.57. The predicted molar refractivity (Wildman–Crippen MR) is 86.3 cm³/mol. The molecule has 0 aliphatic carbocycles. The molecule has 1 fully saturated rings. The Labute approximate surface area is 130 Å². The van der Waals surface area contributed by atoms with Crippen molar-refractivity contribution in [3.63, 3.8) is 0 Å². The summed E-state index contributed by atoms with van der Waals surface area (Å²) in [4.78, 5) is 10.9. The van der Waals surface area contributed by atoms with Crippen molar-refractivity contribution < 1.29 is 9.47 Å². The largest absolute Gasteiger partial charge is 0.497 e. The Bertz CT molecular complexity index is 642. The van der Waals surface area contributed by atoms with Crippen LogP contribution in [0.25, 0.3) is 0 Å². The highest BCUT2D eigenvalue weighted by Gasteiger charge is 2.14. The van der Waals surface area contributed by atoms with Gasteiger partial charge in [-0.15, -0.1) is 0 Å². The van der Waals surface area contributed by atoms with Crippen LogP contribution in [0, 0.1) is 0 Å². The molecule has 1 saturated heterocycles. The van der Waals surface area contributed by atoms with Crippen LogP contribution in [0.4, 0.5) is 17.3 Å². The highest BCUT2D eigenvalue weighted by Crippen LogP contribution is 2.31. The average molecular weight is 300 g/mol. The average Bonchev–Trinajstić information content (AvgIpc) is 3.10. The maximum atomic E-state index is 5.39. The molecule has 1 N–H and O–H groups in total. The zero-order chi connectivity index (χ0) is 15.4. The zero-order valence-corrected chi connectivity index (χ0v) is 12.9. The lowest BCUT2D eigenvalue weighted by atomic mass is 10.2. The van der Waals surface area contributed by atoms with E-state index in [9.17, 15) is 0 Å². The summed E-state index contributed by atoms with van der Waals surface area (Å²) in [5, 5.41) is 3.28. The Morgan fingerprint density at radius 1 is 1.05 bits per heavy atom. The monoisotopic (exact) mass is 300 g/mol. The van der Waals surface area contributed by atoms with Gasteiger partial charge in [-0.25, -0.2) is 9.97 Å². The topological polar surface area (TPSA) is 59.5 Å². The summed E-state index contributed by atoms with van der Waals surface area (Å²) in [5.41, 5.74) is 0.842. The summed E-state index contributed by atoms with van der Waals surface area (Å²) in [5.74, 6) is 3.17. The van der Waals surface area contributed by atoms with E-state index < -0.39 is 0 Å². The van der Waals surface area contributed by atoms with Crippen LogP contribution in [-0.4, -0.2) is 37.3 Å². The number of hydrogen-bond donors (Lipinski definition) is 1. The van der Waals surface area contributed by atoms with Gasteiger partial charge < -0.3 is 19.7 Å². The minimum absolute atomic E-state index is 0.709. The molecular formula is C16H20N4O2. The molecule has 0 saturated carbocycles. The van der Waals surface area contributed by atoms with E-state index in [0.29, 0.717) is 5.75 Å². The lowest BCUT2D eigenvalue weighted by molar-refractivity contribution is 0.395. The molecule has 2 heterocycles. The Balaban J connectivity index is 1.82. The maximum absolute atomic E-state index is 5.39. The third kappa shape index (κ3) is 3.05. The Morgan fingerprint density at radius 3 is 2.59 bits per heavy atom. The van der Waals surface area contributed by atoms with Crippen LogP contribution in [0.5, 0.6) is 11.5 Å². The van der Waals surface area contributed by atoms with Crippen LogP contribution < -0.4 is 19.7 Å². The van der Waals surface area contributed by atoms with Gasteiger partial charge in [0.2, 0.25) is 0 Å². The standard InChI is InChI=1S/C16H20N4O2/c1-21-12-5-6-13(14(9-12)22-2)19-15-10-16(18-11-17-15)20-7-3-4-8-20/h5-6,9-11H,3-4,7-8H2,1-2H3,(H,17,18,19). The van der Waals surface area contributed by atoms with Gasteiger partial charge in [-0.3, -0.25) is 0 Å². The number of rotatable bonds is 5. The van der Waals surface area contributed by atoms with Crippen molar-refractivity contribution in [3.05, 3.63) is 30.6 Å². The highest BCUT2D eigenvalue weighted by molar-refractivity contribution is 5.67. The normalized spacial score (nSPS) is 14.0. The van der Waals surface area contributed by atoms with Gasteiger partial charge in [0.25, 0.3) is 0 Å². The summed E-state index contributed by atoms with van der Waals surface area (Å²) in [6.07, 6.45) is 4.03. The second-order valence-corrected chi connectivity index (χ2v) is 5.15. The number of nitrogens with one attached hydrogen (secondary N) is 1. The summed E-state index contributed by atoms with van der Waals surface area (Å²) >= 11 is 0. The summed E-state index contributed by atoms with van der Waals surface area (Å²) in [6.45, 7) is 2.12. The lowest BCUT2D eigenvalue weighted by Crippen LogP contribution is -2.19. The number of anilines is 3. The second-order valence-electron chi connectivity index (χ2n) is 5.15. The van der Waals surface area contributed by atoms with E-state index in [1.807, 2.05) is 24.3 Å². The van der Waals surface area contributed by atoms with E-state index in [0.717, 1.165) is 36.2 Å². The zero-order valence-electron chi connectivity index (χ0n) is 12.9. The van der Waals surface area contributed by atoms with Crippen molar-refractivity contribution >= 4 is 17.3 Å². The van der Waals surface area contributed by atoms with E-state index in [2.05, 4.69) is 20.2 Å². The van der Waals surface area contributed by atoms with Crippen LogP contribution >= 0.6 is 0 Å². The van der Waals surface area contributed by atoms with E-state index in [1.54, 1.807) is 20.5 Å². The van der Waals surface area contributed by atoms with Gasteiger partial charge in [0.1, 0.15) is 29.5 Å². The van der Waals surface area contributed by atoms with E-state index in [4.69, 9.17) is 9.47 Å². The first kappa shape index (κ1) is 14.4. The van der Waals surface area contributed by atoms with Crippen molar-refractivity contribution in [2.24, 2.45) is 0 Å². The van der Waals surface area contributed by atoms with Gasteiger partial charge in [-0.2, -0.15) is 0 Å². The first-order chi connectivity index (χ1) is 10.8. The van der Waals surface area contributed by atoms with Gasteiger partial charge in [-0.05, 0) is 25.0 Å². The number of methoxy groups -OCH3 is 2. The third-order valence-corrected chi connectivity index (χ3v) is 3.75. The third-order valence-electron chi connectivity index (χ3n) is 3.75. The van der Waals surface area contributed by atoms with Gasteiger partial charge in [-0.1, -0.05) is 0 Å². The first-order valence-corrected chi connectivity index (χ1v) is 7.36. The SMILES string of the molecule is COc1ccc(Nc2cc(N3CCCC3)ncn2)c(OC)c1. The summed E-state index contributed by atoms with van der Waals surface area (Å²) in [6, 6.07) is 7.60. The first-order valence-electron chi connectivity index (χ1n) is 7.36. The van der Waals surface area contributed by atoms with Crippen molar-refractivity contribution in [2.45, 2.75) is 12.8 Å². The molecule has 0 bridgehead atoms. The second kappa shape index (κ2) is 6.51. The molecule has 116 valence electrons. The van der Waals surface area contributed by atoms with Crippen LogP contribution in [-0.2, 0) is 0 Å². The number of benzene rings is 1. The number of hydrogen-bond acceptors (Lipinski definition) is 6. The van der Waals surface area contributed by atoms with Crippen molar-refractivity contribution in [1.82, 2.24) is 9.97 Å². The lowest BCUT2D eigenvalue weighted by Gasteiger charge is -2.17. The van der Waals surface area contributed by atoms with Crippen LogP contribution in [0.15, 0.2) is 30.6 Å². The highest BCUT2D eigenvalue weighted by atomic mass is 16.5. The van der Waals surface area contributed by atoms with Gasteiger partial charge in [0.15, 0.2) is 0 Å². The molecule has 6 nitrogen and oxygen atoms in total. The summed E-state index contributed by atoms with van der Waals surface area (Å²) < 4.78 is 10.6. The molecule has 3 rings (SSSR count). The predicted octanol–water partition coefficient (Wildman–Crippen LogP) is 2.84. The number of nitrogens with zero attached hydrogens (tertiary/aromatic N) is 3. The number of ether oxygens (including phenoxy) is 2. The van der Waals surface area contributed by atoms with Crippen molar-refractivity contribution in [1.29, 1.82) is 0 Å².